The lowest BCUT2D eigenvalue weighted by Gasteiger charge is -2.16. The van der Waals surface area contributed by atoms with Crippen LogP contribution in [0.3, 0.4) is 0 Å². The summed E-state index contributed by atoms with van der Waals surface area (Å²) in [7, 11) is -2.36. The maximum atomic E-state index is 13.4. The second-order valence-corrected chi connectivity index (χ2v) is 10.9. The van der Waals surface area contributed by atoms with Gasteiger partial charge in [0.15, 0.2) is 0 Å². The molecule has 0 bridgehead atoms. The molecule has 0 aliphatic heterocycles. The summed E-state index contributed by atoms with van der Waals surface area (Å²) in [5, 5.41) is 12.4. The van der Waals surface area contributed by atoms with Crippen LogP contribution in [0.15, 0.2) is 50.6 Å². The monoisotopic (exact) mass is 505 g/mol. The van der Waals surface area contributed by atoms with Gasteiger partial charge in [-0.2, -0.15) is 5.10 Å². The van der Waals surface area contributed by atoms with E-state index in [0.29, 0.717) is 23.4 Å². The fourth-order valence-electron chi connectivity index (χ4n) is 3.76. The minimum absolute atomic E-state index is 0.0426. The predicted molar refractivity (Wildman–Crippen MR) is 122 cm³/mol. The lowest BCUT2D eigenvalue weighted by Crippen LogP contribution is -2.41. The first-order valence-corrected chi connectivity index (χ1v) is 12.7. The van der Waals surface area contributed by atoms with Crippen molar-refractivity contribution in [3.8, 4) is 0 Å². The first-order chi connectivity index (χ1) is 16.2. The SMILES string of the molecule is Cn1cc(Cn2c(=O)c3cc(S(=O)(=O)NC4(CF)CC4)ccc3n(Cc3nncs3)c2=O)cn1. The predicted octanol–water partition coefficient (Wildman–Crippen LogP) is 0.625. The molecule has 14 heteroatoms. The highest BCUT2D eigenvalue weighted by Gasteiger charge is 2.46. The zero-order valence-electron chi connectivity index (χ0n) is 18.0. The number of rotatable bonds is 8. The standard InChI is InChI=1S/C20H20FN7O4S2/c1-26-8-13(7-23-26)9-28-18(29)15-6-14(34(31,32)25-20(11-21)4-5-20)2-3-16(15)27(19(28)30)10-17-24-22-12-33-17/h2-3,6-8,12,25H,4-5,9-11H2,1H3. The van der Waals surface area contributed by atoms with Gasteiger partial charge < -0.3 is 0 Å². The first kappa shape index (κ1) is 22.6. The van der Waals surface area contributed by atoms with E-state index in [1.165, 1.54) is 39.6 Å². The number of alkyl halides is 1. The lowest BCUT2D eigenvalue weighted by atomic mass is 10.2. The summed E-state index contributed by atoms with van der Waals surface area (Å²) in [5.74, 6) is 0. The fourth-order valence-corrected chi connectivity index (χ4v) is 5.74. The molecule has 0 spiro atoms. The van der Waals surface area contributed by atoms with Gasteiger partial charge in [0.05, 0.1) is 40.6 Å². The average Bonchev–Trinajstić information content (AvgIpc) is 3.17. The summed E-state index contributed by atoms with van der Waals surface area (Å²) >= 11 is 1.25. The highest BCUT2D eigenvalue weighted by molar-refractivity contribution is 7.89. The van der Waals surface area contributed by atoms with Crippen molar-refractivity contribution in [3.63, 3.8) is 0 Å². The molecule has 1 aromatic carbocycles. The van der Waals surface area contributed by atoms with Crippen LogP contribution in [-0.4, -0.2) is 49.7 Å². The topological polar surface area (TPSA) is 134 Å². The van der Waals surface area contributed by atoms with Gasteiger partial charge in [0.2, 0.25) is 10.0 Å². The molecule has 0 saturated heterocycles. The number of sulfonamides is 1. The van der Waals surface area contributed by atoms with Crippen molar-refractivity contribution in [1.82, 2.24) is 33.8 Å². The molecule has 4 aromatic rings. The van der Waals surface area contributed by atoms with Crippen LogP contribution in [0.4, 0.5) is 4.39 Å². The summed E-state index contributed by atoms with van der Waals surface area (Å²) in [4.78, 5) is 26.5. The van der Waals surface area contributed by atoms with Crippen LogP contribution in [0.1, 0.15) is 23.4 Å². The highest BCUT2D eigenvalue weighted by Crippen LogP contribution is 2.37. The van der Waals surface area contributed by atoms with Crippen molar-refractivity contribution in [1.29, 1.82) is 0 Å². The maximum absolute atomic E-state index is 13.4. The molecule has 3 aromatic heterocycles. The number of benzene rings is 1. The van der Waals surface area contributed by atoms with E-state index in [0.717, 1.165) is 4.57 Å². The smallest absolute Gasteiger partial charge is 0.286 e. The van der Waals surface area contributed by atoms with Crippen LogP contribution in [0, 0.1) is 0 Å². The Labute approximate surface area is 196 Å². The van der Waals surface area contributed by atoms with Crippen molar-refractivity contribution < 1.29 is 12.8 Å². The number of halogens is 1. The molecule has 3 heterocycles. The quantitative estimate of drug-likeness (QED) is 0.371. The normalized spacial score (nSPS) is 15.1. The number of hydrogen-bond donors (Lipinski definition) is 1. The average molecular weight is 506 g/mol. The van der Waals surface area contributed by atoms with E-state index in [1.807, 2.05) is 0 Å². The molecular formula is C20H20FN7O4S2. The third-order valence-electron chi connectivity index (χ3n) is 5.76. The highest BCUT2D eigenvalue weighted by atomic mass is 32.2. The van der Waals surface area contributed by atoms with E-state index in [-0.39, 0.29) is 28.9 Å². The Kier molecular flexibility index (Phi) is 5.45. The second kappa shape index (κ2) is 8.21. The van der Waals surface area contributed by atoms with E-state index >= 15 is 0 Å². The third-order valence-corrected chi connectivity index (χ3v) is 8.02. The molecule has 1 aliphatic rings. The molecule has 1 aliphatic carbocycles. The van der Waals surface area contributed by atoms with Gasteiger partial charge in [-0.3, -0.25) is 18.6 Å². The maximum Gasteiger partial charge on any atom is 0.332 e. The van der Waals surface area contributed by atoms with Crippen LogP contribution in [0.25, 0.3) is 10.9 Å². The van der Waals surface area contributed by atoms with E-state index in [4.69, 9.17) is 0 Å². The Hall–Kier alpha value is -3.23. The van der Waals surface area contributed by atoms with E-state index in [2.05, 4.69) is 20.0 Å². The zero-order chi connectivity index (χ0) is 24.1. The van der Waals surface area contributed by atoms with Crippen molar-refractivity contribution in [2.45, 2.75) is 36.4 Å². The van der Waals surface area contributed by atoms with E-state index < -0.39 is 33.5 Å². The Morgan fingerprint density at radius 2 is 2.00 bits per heavy atom. The van der Waals surface area contributed by atoms with Crippen molar-refractivity contribution >= 4 is 32.3 Å². The molecule has 0 radical (unpaired) electrons. The zero-order valence-corrected chi connectivity index (χ0v) is 19.6. The number of aryl methyl sites for hydroxylation is 1. The van der Waals surface area contributed by atoms with Crippen LogP contribution < -0.4 is 16.0 Å². The summed E-state index contributed by atoms with van der Waals surface area (Å²) in [5.41, 5.74) is 0.139. The summed E-state index contributed by atoms with van der Waals surface area (Å²) in [6.45, 7) is -0.792. The van der Waals surface area contributed by atoms with Gasteiger partial charge in [-0.25, -0.2) is 22.3 Å². The van der Waals surface area contributed by atoms with Gasteiger partial charge in [0.1, 0.15) is 17.2 Å². The van der Waals surface area contributed by atoms with E-state index in [9.17, 15) is 22.4 Å². The molecule has 0 amide bonds. The molecular weight excluding hydrogens is 485 g/mol. The van der Waals surface area contributed by atoms with Crippen LogP contribution in [-0.2, 0) is 30.2 Å². The molecule has 11 nitrogen and oxygen atoms in total. The Bertz CT molecular complexity index is 1600. The van der Waals surface area contributed by atoms with Crippen LogP contribution in [0.5, 0.6) is 0 Å². The Morgan fingerprint density at radius 1 is 1.21 bits per heavy atom. The molecule has 178 valence electrons. The molecule has 0 atom stereocenters. The molecule has 1 N–H and O–H groups in total. The number of nitrogens with zero attached hydrogens (tertiary/aromatic N) is 6. The van der Waals surface area contributed by atoms with Gasteiger partial charge >= 0.3 is 5.69 Å². The van der Waals surface area contributed by atoms with Gasteiger partial charge in [0, 0.05) is 18.8 Å². The molecule has 5 rings (SSSR count). The minimum Gasteiger partial charge on any atom is -0.286 e. The largest absolute Gasteiger partial charge is 0.332 e. The Balaban J connectivity index is 1.68. The number of aromatic nitrogens is 6. The first-order valence-electron chi connectivity index (χ1n) is 10.3. The molecule has 1 saturated carbocycles. The minimum atomic E-state index is -4.08. The van der Waals surface area contributed by atoms with Gasteiger partial charge in [-0.1, -0.05) is 0 Å². The number of nitrogens with one attached hydrogen (secondary N) is 1. The van der Waals surface area contributed by atoms with E-state index in [1.54, 1.807) is 24.1 Å². The van der Waals surface area contributed by atoms with Crippen molar-refractivity contribution in [3.05, 3.63) is 67.5 Å². The van der Waals surface area contributed by atoms with Crippen LogP contribution >= 0.6 is 11.3 Å². The molecule has 1 fully saturated rings. The molecule has 34 heavy (non-hydrogen) atoms. The molecule has 0 unspecified atom stereocenters. The van der Waals surface area contributed by atoms with Gasteiger partial charge in [0.25, 0.3) is 5.56 Å². The van der Waals surface area contributed by atoms with Crippen molar-refractivity contribution in [2.24, 2.45) is 7.05 Å². The van der Waals surface area contributed by atoms with Crippen molar-refractivity contribution in [2.75, 3.05) is 6.67 Å². The summed E-state index contributed by atoms with van der Waals surface area (Å²) < 4.78 is 45.5. The number of hydrogen-bond acceptors (Lipinski definition) is 8. The lowest BCUT2D eigenvalue weighted by molar-refractivity contribution is 0.393. The summed E-state index contributed by atoms with van der Waals surface area (Å²) in [6.07, 6.45) is 4.05. The number of fused-ring (bicyclic) bond motifs is 1. The summed E-state index contributed by atoms with van der Waals surface area (Å²) in [6, 6.07) is 3.95. The third kappa shape index (κ3) is 4.08. The fraction of sp³-hybridized carbons (Fsp3) is 0.350. The van der Waals surface area contributed by atoms with Crippen LogP contribution in [0.2, 0.25) is 0 Å². The Morgan fingerprint density at radius 3 is 2.62 bits per heavy atom. The van der Waals surface area contributed by atoms with Gasteiger partial charge in [-0.05, 0) is 31.0 Å². The van der Waals surface area contributed by atoms with Gasteiger partial charge in [-0.15, -0.1) is 21.5 Å². The second-order valence-electron chi connectivity index (χ2n) is 8.31.